The minimum absolute atomic E-state index is 0.0284. The first-order valence-electron chi connectivity index (χ1n) is 27.4. The molecule has 0 aliphatic heterocycles. The van der Waals surface area contributed by atoms with Crippen molar-refractivity contribution < 1.29 is 15.0 Å². The van der Waals surface area contributed by atoms with Crippen molar-refractivity contribution in [1.82, 2.24) is 5.32 Å². The number of allylic oxidation sites excluding steroid dienone is 2. The van der Waals surface area contributed by atoms with Gasteiger partial charge in [-0.2, -0.15) is 0 Å². The number of hydrogen-bond donors (Lipinski definition) is 3. The summed E-state index contributed by atoms with van der Waals surface area (Å²) in [6.45, 7) is 4.40. The van der Waals surface area contributed by atoms with E-state index in [2.05, 4.69) is 31.3 Å². The first kappa shape index (κ1) is 58.1. The van der Waals surface area contributed by atoms with Crippen LogP contribution in [0.4, 0.5) is 0 Å². The molecule has 0 aromatic rings. The van der Waals surface area contributed by atoms with Crippen LogP contribution in [0.2, 0.25) is 0 Å². The molecule has 2 unspecified atom stereocenters. The molecule has 352 valence electrons. The van der Waals surface area contributed by atoms with Gasteiger partial charge in [0.15, 0.2) is 0 Å². The minimum Gasteiger partial charge on any atom is -0.394 e. The molecular weight excluding hydrogens is 723 g/mol. The highest BCUT2D eigenvalue weighted by Crippen LogP contribution is 2.18. The van der Waals surface area contributed by atoms with Crippen LogP contribution in [0, 0.1) is 0 Å². The van der Waals surface area contributed by atoms with Gasteiger partial charge in [0, 0.05) is 6.42 Å². The van der Waals surface area contributed by atoms with Gasteiger partial charge in [0.25, 0.3) is 0 Å². The number of rotatable bonds is 51. The molecule has 0 aliphatic rings. The zero-order valence-corrected chi connectivity index (χ0v) is 40.6. The topological polar surface area (TPSA) is 69.6 Å². The molecule has 59 heavy (non-hydrogen) atoms. The Balaban J connectivity index is 3.44. The van der Waals surface area contributed by atoms with E-state index in [-0.39, 0.29) is 12.5 Å². The molecule has 0 fully saturated rings. The first-order valence-corrected chi connectivity index (χ1v) is 27.4. The Morgan fingerprint density at radius 2 is 0.644 bits per heavy atom. The van der Waals surface area contributed by atoms with Gasteiger partial charge in [0.05, 0.1) is 18.8 Å². The Morgan fingerprint density at radius 1 is 0.390 bits per heavy atom. The Labute approximate surface area is 371 Å². The summed E-state index contributed by atoms with van der Waals surface area (Å²) in [5.41, 5.74) is 0. The number of aliphatic hydroxyl groups excluding tert-OH is 2. The molecule has 0 bridgehead atoms. The van der Waals surface area contributed by atoms with E-state index < -0.39 is 12.1 Å². The fourth-order valence-electron chi connectivity index (χ4n) is 8.83. The standard InChI is InChI=1S/C55H109NO3/c1-3-5-7-9-11-13-15-17-19-21-23-25-27-29-31-33-35-37-39-41-43-45-47-49-51-55(59)56-53(52-57)54(58)50-48-46-44-42-40-38-36-34-32-30-28-26-24-22-20-18-16-14-12-10-8-6-4-2/h29,31,53-54,57-58H,3-28,30,32-52H2,1-2H3,(H,56,59)/b31-29-. The molecular formula is C55H109NO3. The van der Waals surface area contributed by atoms with E-state index in [0.717, 1.165) is 25.7 Å². The van der Waals surface area contributed by atoms with Crippen LogP contribution in [-0.4, -0.2) is 34.9 Å². The molecule has 0 aliphatic carbocycles. The number of aliphatic hydroxyl groups is 2. The van der Waals surface area contributed by atoms with Crippen LogP contribution >= 0.6 is 0 Å². The van der Waals surface area contributed by atoms with E-state index in [1.54, 1.807) is 0 Å². The predicted molar refractivity (Wildman–Crippen MR) is 263 cm³/mol. The van der Waals surface area contributed by atoms with E-state index in [9.17, 15) is 15.0 Å². The Bertz CT molecular complexity index is 814. The average molecular weight is 832 g/mol. The molecule has 0 saturated carbocycles. The van der Waals surface area contributed by atoms with Gasteiger partial charge in [-0.05, 0) is 38.5 Å². The Hall–Kier alpha value is -0.870. The van der Waals surface area contributed by atoms with Crippen LogP contribution in [0.3, 0.4) is 0 Å². The number of carbonyl (C=O) groups excluding carboxylic acids is 1. The van der Waals surface area contributed by atoms with Crippen LogP contribution < -0.4 is 5.32 Å². The maximum absolute atomic E-state index is 12.5. The number of hydrogen-bond acceptors (Lipinski definition) is 3. The summed E-state index contributed by atoms with van der Waals surface area (Å²) in [5, 5.41) is 23.3. The monoisotopic (exact) mass is 832 g/mol. The lowest BCUT2D eigenvalue weighted by Gasteiger charge is -2.22. The first-order chi connectivity index (χ1) is 29.2. The van der Waals surface area contributed by atoms with Crippen molar-refractivity contribution in [2.45, 2.75) is 328 Å². The van der Waals surface area contributed by atoms with Crippen LogP contribution in [0.5, 0.6) is 0 Å². The van der Waals surface area contributed by atoms with Crippen LogP contribution in [-0.2, 0) is 4.79 Å². The maximum Gasteiger partial charge on any atom is 0.220 e. The van der Waals surface area contributed by atoms with Gasteiger partial charge in [0.2, 0.25) is 5.91 Å². The fraction of sp³-hybridized carbons (Fsp3) is 0.945. The summed E-state index contributed by atoms with van der Waals surface area (Å²) in [6, 6.07) is -0.536. The molecule has 0 rings (SSSR count). The van der Waals surface area contributed by atoms with Crippen molar-refractivity contribution >= 4 is 5.91 Å². The number of carbonyl (C=O) groups is 1. The molecule has 4 nitrogen and oxygen atoms in total. The van der Waals surface area contributed by atoms with Gasteiger partial charge in [-0.1, -0.05) is 283 Å². The maximum atomic E-state index is 12.5. The third-order valence-electron chi connectivity index (χ3n) is 13.0. The highest BCUT2D eigenvalue weighted by Gasteiger charge is 2.20. The van der Waals surface area contributed by atoms with Crippen LogP contribution in [0.1, 0.15) is 316 Å². The van der Waals surface area contributed by atoms with Crippen molar-refractivity contribution in [2.75, 3.05) is 6.61 Å². The molecule has 0 aromatic carbocycles. The minimum atomic E-state index is -0.659. The summed E-state index contributed by atoms with van der Waals surface area (Å²) >= 11 is 0. The lowest BCUT2D eigenvalue weighted by Crippen LogP contribution is -2.45. The summed E-state index contributed by atoms with van der Waals surface area (Å²) in [7, 11) is 0. The van der Waals surface area contributed by atoms with E-state index in [1.807, 2.05) is 0 Å². The summed E-state index contributed by atoms with van der Waals surface area (Å²) in [4.78, 5) is 12.5. The van der Waals surface area contributed by atoms with Gasteiger partial charge in [-0.15, -0.1) is 0 Å². The second-order valence-corrected chi connectivity index (χ2v) is 19.0. The van der Waals surface area contributed by atoms with Gasteiger partial charge in [0.1, 0.15) is 0 Å². The smallest absolute Gasteiger partial charge is 0.220 e. The van der Waals surface area contributed by atoms with Crippen molar-refractivity contribution in [3.05, 3.63) is 12.2 Å². The Morgan fingerprint density at radius 3 is 0.932 bits per heavy atom. The second-order valence-electron chi connectivity index (χ2n) is 19.0. The zero-order valence-electron chi connectivity index (χ0n) is 40.6. The Kier molecular flexibility index (Phi) is 50.7. The molecule has 0 saturated heterocycles. The van der Waals surface area contributed by atoms with Gasteiger partial charge < -0.3 is 15.5 Å². The van der Waals surface area contributed by atoms with E-state index in [4.69, 9.17) is 0 Å². The average Bonchev–Trinajstić information content (AvgIpc) is 3.24. The fourth-order valence-corrected chi connectivity index (χ4v) is 8.83. The SMILES string of the molecule is CCCCCCCCCCCCCC/C=C\CCCCCCCCCCC(=O)NC(CO)C(O)CCCCCCCCCCCCCCCCCCCCCCCCC. The predicted octanol–water partition coefficient (Wildman–Crippen LogP) is 17.8. The van der Waals surface area contributed by atoms with Gasteiger partial charge in [-0.3, -0.25) is 4.79 Å². The molecule has 4 heteroatoms. The molecule has 2 atom stereocenters. The van der Waals surface area contributed by atoms with Crippen molar-refractivity contribution in [3.8, 4) is 0 Å². The molecule has 0 aromatic heterocycles. The number of nitrogens with one attached hydrogen (secondary N) is 1. The largest absolute Gasteiger partial charge is 0.394 e. The van der Waals surface area contributed by atoms with Crippen molar-refractivity contribution in [2.24, 2.45) is 0 Å². The summed E-state index contributed by atoms with van der Waals surface area (Å²) in [6.07, 6.45) is 66.2. The van der Waals surface area contributed by atoms with Gasteiger partial charge in [-0.25, -0.2) is 0 Å². The normalized spacial score (nSPS) is 12.8. The summed E-state index contributed by atoms with van der Waals surface area (Å²) < 4.78 is 0. The lowest BCUT2D eigenvalue weighted by molar-refractivity contribution is -0.123. The molecule has 1 amide bonds. The third kappa shape index (κ3) is 48.0. The quantitative estimate of drug-likeness (QED) is 0.0422. The second kappa shape index (κ2) is 51.5. The van der Waals surface area contributed by atoms with E-state index >= 15 is 0 Å². The third-order valence-corrected chi connectivity index (χ3v) is 13.0. The number of amides is 1. The highest BCUT2D eigenvalue weighted by atomic mass is 16.3. The number of unbranched alkanes of at least 4 members (excludes halogenated alkanes) is 42. The molecule has 0 radical (unpaired) electrons. The summed E-state index contributed by atoms with van der Waals surface area (Å²) in [5.74, 6) is -0.0284. The van der Waals surface area contributed by atoms with Gasteiger partial charge >= 0.3 is 0 Å². The molecule has 3 N–H and O–H groups in total. The van der Waals surface area contributed by atoms with Crippen molar-refractivity contribution in [1.29, 1.82) is 0 Å². The van der Waals surface area contributed by atoms with E-state index in [0.29, 0.717) is 12.8 Å². The molecule has 0 spiro atoms. The lowest BCUT2D eigenvalue weighted by atomic mass is 10.0. The van der Waals surface area contributed by atoms with Crippen LogP contribution in [0.15, 0.2) is 12.2 Å². The van der Waals surface area contributed by atoms with E-state index in [1.165, 1.54) is 263 Å². The zero-order chi connectivity index (χ0) is 42.8. The van der Waals surface area contributed by atoms with Crippen LogP contribution in [0.25, 0.3) is 0 Å². The highest BCUT2D eigenvalue weighted by molar-refractivity contribution is 5.76. The van der Waals surface area contributed by atoms with Crippen molar-refractivity contribution in [3.63, 3.8) is 0 Å². The molecule has 0 heterocycles.